The van der Waals surface area contributed by atoms with E-state index in [0.29, 0.717) is 24.5 Å². The number of hydrogen-bond acceptors (Lipinski definition) is 3. The molecule has 0 aromatic heterocycles. The summed E-state index contributed by atoms with van der Waals surface area (Å²) in [5.41, 5.74) is 0.258. The average Bonchev–Trinajstić information content (AvgIpc) is 2.23. The Hall–Kier alpha value is -0.710. The predicted octanol–water partition coefficient (Wildman–Crippen LogP) is 3.94. The van der Waals surface area contributed by atoms with E-state index in [4.69, 9.17) is 34.8 Å². The Morgan fingerprint density at radius 1 is 1.31 bits per heavy atom. The van der Waals surface area contributed by atoms with E-state index in [9.17, 15) is 10.1 Å². The van der Waals surface area contributed by atoms with Gasteiger partial charge in [-0.3, -0.25) is 10.1 Å². The lowest BCUT2D eigenvalue weighted by molar-refractivity contribution is -0.383. The van der Waals surface area contributed by atoms with Crippen LogP contribution in [0.3, 0.4) is 0 Å². The molecule has 0 aliphatic heterocycles. The second-order valence-corrected chi connectivity index (χ2v) is 4.20. The highest BCUT2D eigenvalue weighted by Crippen LogP contribution is 2.33. The van der Waals surface area contributed by atoms with E-state index in [-0.39, 0.29) is 15.7 Å². The SMILES string of the molecule is O=[N+]([O-])c1cc(Cl)c(Cl)cc1NCCCCl. The van der Waals surface area contributed by atoms with E-state index in [1.165, 1.54) is 12.1 Å². The van der Waals surface area contributed by atoms with Crippen molar-refractivity contribution >= 4 is 46.2 Å². The van der Waals surface area contributed by atoms with Gasteiger partial charge in [-0.2, -0.15) is 0 Å². The molecule has 0 aliphatic rings. The lowest BCUT2D eigenvalue weighted by Gasteiger charge is -2.07. The number of halogens is 3. The van der Waals surface area contributed by atoms with Crippen LogP contribution < -0.4 is 5.32 Å². The van der Waals surface area contributed by atoms with E-state index in [1.54, 1.807) is 0 Å². The Labute approximate surface area is 108 Å². The topological polar surface area (TPSA) is 55.2 Å². The van der Waals surface area contributed by atoms with Gasteiger partial charge >= 0.3 is 0 Å². The van der Waals surface area contributed by atoms with Crippen molar-refractivity contribution in [3.8, 4) is 0 Å². The first-order valence-electron chi connectivity index (χ1n) is 4.49. The summed E-state index contributed by atoms with van der Waals surface area (Å²) >= 11 is 17.0. The third kappa shape index (κ3) is 3.40. The minimum absolute atomic E-state index is 0.0935. The Kier molecular flexibility index (Phi) is 5.12. The van der Waals surface area contributed by atoms with Crippen LogP contribution in [0.4, 0.5) is 11.4 Å². The highest BCUT2D eigenvalue weighted by atomic mass is 35.5. The van der Waals surface area contributed by atoms with Crippen molar-refractivity contribution in [2.45, 2.75) is 6.42 Å². The number of nitro benzene ring substituents is 1. The first-order valence-corrected chi connectivity index (χ1v) is 5.78. The molecule has 7 heteroatoms. The zero-order valence-corrected chi connectivity index (χ0v) is 10.4. The van der Waals surface area contributed by atoms with E-state index in [0.717, 1.165) is 0 Å². The minimum Gasteiger partial charge on any atom is -0.379 e. The number of anilines is 1. The molecule has 88 valence electrons. The highest BCUT2D eigenvalue weighted by Gasteiger charge is 2.16. The molecule has 1 aromatic carbocycles. The van der Waals surface area contributed by atoms with Crippen molar-refractivity contribution in [1.29, 1.82) is 0 Å². The van der Waals surface area contributed by atoms with Crippen molar-refractivity contribution in [2.75, 3.05) is 17.7 Å². The normalized spacial score (nSPS) is 10.2. The number of nitrogens with zero attached hydrogens (tertiary/aromatic N) is 1. The highest BCUT2D eigenvalue weighted by molar-refractivity contribution is 6.42. The maximum atomic E-state index is 10.8. The molecule has 0 unspecified atom stereocenters. The second-order valence-electron chi connectivity index (χ2n) is 3.01. The number of rotatable bonds is 5. The quantitative estimate of drug-likeness (QED) is 0.385. The van der Waals surface area contributed by atoms with Crippen molar-refractivity contribution in [1.82, 2.24) is 0 Å². The molecule has 1 N–H and O–H groups in total. The molecule has 1 rings (SSSR count). The summed E-state index contributed by atoms with van der Waals surface area (Å²) in [7, 11) is 0. The number of hydrogen-bond donors (Lipinski definition) is 1. The van der Waals surface area contributed by atoms with Gasteiger partial charge < -0.3 is 5.32 Å². The molecule has 0 radical (unpaired) electrons. The van der Waals surface area contributed by atoms with Crippen LogP contribution in [0.25, 0.3) is 0 Å². The van der Waals surface area contributed by atoms with E-state index in [1.807, 2.05) is 0 Å². The van der Waals surface area contributed by atoms with Crippen LogP contribution in [0, 0.1) is 10.1 Å². The van der Waals surface area contributed by atoms with Gasteiger partial charge in [-0.25, -0.2) is 0 Å². The third-order valence-corrected chi connectivity index (χ3v) is 2.85. The summed E-state index contributed by atoms with van der Waals surface area (Å²) in [5.74, 6) is 0.488. The minimum atomic E-state index is -0.509. The van der Waals surface area contributed by atoms with Crippen LogP contribution in [-0.4, -0.2) is 17.3 Å². The zero-order valence-electron chi connectivity index (χ0n) is 8.17. The molecule has 0 amide bonds. The van der Waals surface area contributed by atoms with Gasteiger partial charge in [-0.05, 0) is 12.5 Å². The van der Waals surface area contributed by atoms with Crippen LogP contribution in [0.2, 0.25) is 10.0 Å². The van der Waals surface area contributed by atoms with Gasteiger partial charge in [-0.1, -0.05) is 23.2 Å². The average molecular weight is 284 g/mol. The van der Waals surface area contributed by atoms with E-state index in [2.05, 4.69) is 5.32 Å². The van der Waals surface area contributed by atoms with Crippen molar-refractivity contribution < 1.29 is 4.92 Å². The summed E-state index contributed by atoms with van der Waals surface area (Å²) in [6.45, 7) is 0.544. The van der Waals surface area contributed by atoms with Crippen molar-refractivity contribution in [3.05, 3.63) is 32.3 Å². The number of nitrogens with one attached hydrogen (secondary N) is 1. The van der Waals surface area contributed by atoms with Gasteiger partial charge in [0, 0.05) is 18.5 Å². The van der Waals surface area contributed by atoms with Crippen LogP contribution in [-0.2, 0) is 0 Å². The molecule has 0 aliphatic carbocycles. The largest absolute Gasteiger partial charge is 0.379 e. The molecule has 1 aromatic rings. The monoisotopic (exact) mass is 282 g/mol. The fourth-order valence-corrected chi connectivity index (χ4v) is 1.57. The maximum Gasteiger partial charge on any atom is 0.293 e. The molecule has 0 atom stereocenters. The lowest BCUT2D eigenvalue weighted by atomic mass is 10.2. The number of alkyl halides is 1. The molecule has 0 saturated heterocycles. The van der Waals surface area contributed by atoms with E-state index >= 15 is 0 Å². The lowest BCUT2D eigenvalue weighted by Crippen LogP contribution is -2.04. The first-order chi connectivity index (χ1) is 7.56. The number of nitro groups is 1. The summed E-state index contributed by atoms with van der Waals surface area (Å²) in [6, 6.07) is 2.67. The number of benzene rings is 1. The summed E-state index contributed by atoms with van der Waals surface area (Å²) in [5, 5.41) is 14.1. The standard InChI is InChI=1S/C9H9Cl3N2O2/c10-2-1-3-13-8-4-6(11)7(12)5-9(8)14(15)16/h4-5,13H,1-3H2. The fourth-order valence-electron chi connectivity index (χ4n) is 1.12. The maximum absolute atomic E-state index is 10.8. The summed E-state index contributed by atoms with van der Waals surface area (Å²) in [4.78, 5) is 10.2. The Morgan fingerprint density at radius 2 is 1.94 bits per heavy atom. The van der Waals surface area contributed by atoms with E-state index < -0.39 is 4.92 Å². The molecule has 0 heterocycles. The molecular weight excluding hydrogens is 274 g/mol. The molecule has 16 heavy (non-hydrogen) atoms. The van der Waals surface area contributed by atoms with Crippen LogP contribution in [0.1, 0.15) is 6.42 Å². The van der Waals surface area contributed by atoms with Gasteiger partial charge in [-0.15, -0.1) is 11.6 Å². The van der Waals surface area contributed by atoms with Crippen LogP contribution in [0.15, 0.2) is 12.1 Å². The molecular formula is C9H9Cl3N2O2. The summed E-state index contributed by atoms with van der Waals surface area (Å²) in [6.07, 6.45) is 0.707. The van der Waals surface area contributed by atoms with Gasteiger partial charge in [0.15, 0.2) is 0 Å². The zero-order chi connectivity index (χ0) is 12.1. The Morgan fingerprint density at radius 3 is 2.50 bits per heavy atom. The Bertz CT molecular complexity index is 399. The first kappa shape index (κ1) is 13.4. The Balaban J connectivity index is 2.95. The fraction of sp³-hybridized carbons (Fsp3) is 0.333. The predicted molar refractivity (Wildman–Crippen MR) is 66.9 cm³/mol. The molecule has 4 nitrogen and oxygen atoms in total. The van der Waals surface area contributed by atoms with Gasteiger partial charge in [0.1, 0.15) is 5.69 Å². The smallest absolute Gasteiger partial charge is 0.293 e. The third-order valence-electron chi connectivity index (χ3n) is 1.86. The second kappa shape index (κ2) is 6.13. The molecule has 0 spiro atoms. The molecule has 0 saturated carbocycles. The van der Waals surface area contributed by atoms with Gasteiger partial charge in [0.25, 0.3) is 5.69 Å². The van der Waals surface area contributed by atoms with Crippen LogP contribution in [0.5, 0.6) is 0 Å². The van der Waals surface area contributed by atoms with Crippen molar-refractivity contribution in [3.63, 3.8) is 0 Å². The molecule has 0 bridgehead atoms. The summed E-state index contributed by atoms with van der Waals surface area (Å²) < 4.78 is 0. The van der Waals surface area contributed by atoms with Crippen molar-refractivity contribution in [2.24, 2.45) is 0 Å². The molecule has 0 fully saturated rings. The van der Waals surface area contributed by atoms with Crippen LogP contribution >= 0.6 is 34.8 Å². The van der Waals surface area contributed by atoms with Gasteiger partial charge in [0.05, 0.1) is 15.0 Å². The van der Waals surface area contributed by atoms with Gasteiger partial charge in [0.2, 0.25) is 0 Å².